The third-order valence-corrected chi connectivity index (χ3v) is 6.91. The number of benzene rings is 2. The molecule has 14 nitrogen and oxygen atoms in total. The van der Waals surface area contributed by atoms with Gasteiger partial charge in [-0.25, -0.2) is 30.4 Å². The van der Waals surface area contributed by atoms with Gasteiger partial charge >= 0.3 is 0 Å². The zero-order valence-corrected chi connectivity index (χ0v) is 17.3. The fourth-order valence-corrected chi connectivity index (χ4v) is 4.74. The van der Waals surface area contributed by atoms with Crippen LogP contribution < -0.4 is 9.27 Å². The fourth-order valence-electron chi connectivity index (χ4n) is 1.75. The van der Waals surface area contributed by atoms with Crippen LogP contribution in [0.25, 0.3) is 0 Å². The van der Waals surface area contributed by atoms with Gasteiger partial charge in [-0.1, -0.05) is 0 Å². The van der Waals surface area contributed by atoms with Gasteiger partial charge in [0, 0.05) is 24.3 Å². The first-order valence-corrected chi connectivity index (χ1v) is 12.2. The Hall–Kier alpha value is -2.99. The Kier molecular flexibility index (Phi) is 7.70. The Balaban J connectivity index is 0.000000311. The molecule has 30 heavy (non-hydrogen) atoms. The molecule has 0 heterocycles. The molecule has 0 unspecified atom stereocenters. The normalized spacial score (nSPS) is 11.8. The van der Waals surface area contributed by atoms with E-state index in [9.17, 15) is 45.5 Å². The van der Waals surface area contributed by atoms with Crippen LogP contribution in [0.1, 0.15) is 0 Å². The van der Waals surface area contributed by atoms with Crippen molar-refractivity contribution in [1.29, 1.82) is 0 Å². The van der Waals surface area contributed by atoms with Crippen LogP contribution in [0.15, 0.2) is 58.3 Å². The molecule has 3 N–H and O–H groups in total. The first-order chi connectivity index (χ1) is 13.5. The van der Waals surface area contributed by atoms with Crippen molar-refractivity contribution in [2.45, 2.75) is 9.79 Å². The largest absolute Gasteiger partial charge is 0.269 e. The Morgan fingerprint density at radius 2 is 1.07 bits per heavy atom. The molecule has 0 aromatic heterocycles. The van der Waals surface area contributed by atoms with E-state index in [2.05, 4.69) is 0 Å². The van der Waals surface area contributed by atoms with Crippen molar-refractivity contribution in [3.8, 4) is 0 Å². The van der Waals surface area contributed by atoms with E-state index in [0.717, 1.165) is 48.5 Å². The SMILES string of the molecule is CS(=O)(=O)NS(=O)(=O)c1ccc([N+](=O)[O-])cc1.NS(=O)(=O)c1ccc([N+](=O)[O-])cc1. The molecular weight excluding hydrogens is 468 g/mol. The van der Waals surface area contributed by atoms with Gasteiger partial charge in [0.05, 0.1) is 25.9 Å². The molecule has 0 fully saturated rings. The quantitative estimate of drug-likeness (QED) is 0.416. The second kappa shape index (κ2) is 9.22. The molecule has 17 heteroatoms. The number of sulfonamides is 3. The highest BCUT2D eigenvalue weighted by Crippen LogP contribution is 2.16. The summed E-state index contributed by atoms with van der Waals surface area (Å²) in [6.07, 6.45) is 0.690. The number of primary sulfonamides is 1. The molecule has 0 aliphatic heterocycles. The van der Waals surface area contributed by atoms with Gasteiger partial charge in [0.25, 0.3) is 21.4 Å². The fraction of sp³-hybridized carbons (Fsp3) is 0.0769. The summed E-state index contributed by atoms with van der Waals surface area (Å²) in [6.45, 7) is 0. The highest BCUT2D eigenvalue weighted by molar-refractivity contribution is 8.04. The minimum Gasteiger partial charge on any atom is -0.258 e. The van der Waals surface area contributed by atoms with Crippen LogP contribution in [-0.2, 0) is 30.1 Å². The van der Waals surface area contributed by atoms with Gasteiger partial charge in [-0.3, -0.25) is 20.2 Å². The predicted octanol–water partition coefficient (Wildman–Crippen LogP) is 0.0749. The van der Waals surface area contributed by atoms with Crippen molar-refractivity contribution in [3.05, 3.63) is 68.8 Å². The number of nitrogens with zero attached hydrogens (tertiary/aromatic N) is 2. The van der Waals surface area contributed by atoms with Gasteiger partial charge in [0.15, 0.2) is 0 Å². The minimum atomic E-state index is -4.22. The molecule has 2 aromatic carbocycles. The van der Waals surface area contributed by atoms with Gasteiger partial charge in [0.2, 0.25) is 20.0 Å². The van der Waals surface area contributed by atoms with Gasteiger partial charge in [-0.15, -0.1) is 4.13 Å². The smallest absolute Gasteiger partial charge is 0.258 e. The molecule has 0 aliphatic rings. The summed E-state index contributed by atoms with van der Waals surface area (Å²) >= 11 is 0. The lowest BCUT2D eigenvalue weighted by Gasteiger charge is -2.03. The zero-order valence-electron chi connectivity index (χ0n) is 14.9. The first kappa shape index (κ1) is 25.0. The molecule has 2 rings (SSSR count). The Morgan fingerprint density at radius 1 is 0.733 bits per heavy atom. The maximum Gasteiger partial charge on any atom is 0.269 e. The van der Waals surface area contributed by atoms with E-state index in [4.69, 9.17) is 5.14 Å². The maximum atomic E-state index is 11.5. The molecule has 0 spiro atoms. The van der Waals surface area contributed by atoms with E-state index >= 15 is 0 Å². The van der Waals surface area contributed by atoms with Crippen molar-refractivity contribution in [1.82, 2.24) is 4.13 Å². The van der Waals surface area contributed by atoms with Crippen LogP contribution in [0.4, 0.5) is 11.4 Å². The first-order valence-electron chi connectivity index (χ1n) is 7.28. The van der Waals surface area contributed by atoms with Crippen molar-refractivity contribution in [2.75, 3.05) is 6.26 Å². The number of hydrogen-bond donors (Lipinski definition) is 2. The number of non-ortho nitro benzene ring substituents is 2. The van der Waals surface area contributed by atoms with Crippen LogP contribution >= 0.6 is 0 Å². The van der Waals surface area contributed by atoms with E-state index in [-0.39, 0.29) is 21.2 Å². The number of nitrogens with two attached hydrogens (primary N) is 1. The molecule has 0 atom stereocenters. The highest BCUT2D eigenvalue weighted by Gasteiger charge is 2.20. The molecule has 0 saturated carbocycles. The summed E-state index contributed by atoms with van der Waals surface area (Å²) in [6, 6.07) is 8.19. The van der Waals surface area contributed by atoms with E-state index in [1.54, 1.807) is 0 Å². The van der Waals surface area contributed by atoms with Crippen LogP contribution in [0.5, 0.6) is 0 Å². The van der Waals surface area contributed by atoms with E-state index in [0.29, 0.717) is 6.26 Å². The number of nitro groups is 2. The Labute approximate surface area is 170 Å². The van der Waals surface area contributed by atoms with Crippen molar-refractivity contribution in [2.24, 2.45) is 5.14 Å². The van der Waals surface area contributed by atoms with Crippen LogP contribution in [-0.4, -0.2) is 41.4 Å². The third kappa shape index (κ3) is 7.79. The predicted molar refractivity (Wildman–Crippen MR) is 103 cm³/mol. The topological polar surface area (TPSA) is 227 Å². The molecule has 0 aliphatic carbocycles. The third-order valence-electron chi connectivity index (χ3n) is 2.99. The second-order valence-corrected chi connectivity index (χ2v) is 10.7. The summed E-state index contributed by atoms with van der Waals surface area (Å²) < 4.78 is 67.4. The molecular formula is C13H14N4O10S3. The summed E-state index contributed by atoms with van der Waals surface area (Å²) in [5.41, 5.74) is -0.462. The molecule has 0 saturated heterocycles. The molecule has 0 amide bonds. The molecule has 164 valence electrons. The van der Waals surface area contributed by atoms with E-state index in [1.807, 2.05) is 0 Å². The van der Waals surface area contributed by atoms with E-state index < -0.39 is 39.9 Å². The van der Waals surface area contributed by atoms with Gasteiger partial charge in [-0.05, 0) is 24.3 Å². The van der Waals surface area contributed by atoms with Gasteiger partial charge in [0.1, 0.15) is 0 Å². The molecule has 0 radical (unpaired) electrons. The molecule has 0 bridgehead atoms. The van der Waals surface area contributed by atoms with Crippen molar-refractivity contribution < 1.29 is 35.1 Å². The Morgan fingerprint density at radius 3 is 1.33 bits per heavy atom. The van der Waals surface area contributed by atoms with Crippen LogP contribution in [0.3, 0.4) is 0 Å². The monoisotopic (exact) mass is 482 g/mol. The maximum absolute atomic E-state index is 11.5. The number of hydrogen-bond acceptors (Lipinski definition) is 10. The minimum absolute atomic E-state index is 0.141. The summed E-state index contributed by atoms with van der Waals surface area (Å²) in [7, 11) is -11.9. The van der Waals surface area contributed by atoms with Crippen LogP contribution in [0.2, 0.25) is 0 Å². The second-order valence-electron chi connectivity index (χ2n) is 5.41. The van der Waals surface area contributed by atoms with Crippen LogP contribution in [0, 0.1) is 20.2 Å². The summed E-state index contributed by atoms with van der Waals surface area (Å²) in [4.78, 5) is 18.7. The van der Waals surface area contributed by atoms with Gasteiger partial charge in [-0.2, -0.15) is 0 Å². The average molecular weight is 482 g/mol. The van der Waals surface area contributed by atoms with E-state index in [1.165, 1.54) is 4.13 Å². The lowest BCUT2D eigenvalue weighted by molar-refractivity contribution is -0.385. The standard InChI is InChI=1S/C7H8N2O6S2.C6H6N2O4S/c1-16(12,13)8-17(14,15)7-4-2-6(3-5-7)9(10)11;7-13(11,12)6-3-1-5(2-4-6)8(9)10/h2-5,8H,1H3;1-4H,(H2,7,11,12). The lowest BCUT2D eigenvalue weighted by Crippen LogP contribution is -2.29. The summed E-state index contributed by atoms with van der Waals surface area (Å²) in [5, 5.41) is 25.3. The average Bonchev–Trinajstić information content (AvgIpc) is 2.59. The van der Waals surface area contributed by atoms with Crippen molar-refractivity contribution >= 4 is 41.4 Å². The lowest BCUT2D eigenvalue weighted by atomic mass is 10.3. The van der Waals surface area contributed by atoms with Crippen molar-refractivity contribution in [3.63, 3.8) is 0 Å². The highest BCUT2D eigenvalue weighted by atomic mass is 32.3. The van der Waals surface area contributed by atoms with Gasteiger partial charge < -0.3 is 0 Å². The number of rotatable bonds is 6. The summed E-state index contributed by atoms with van der Waals surface area (Å²) in [5.74, 6) is 0. The Bertz CT molecular complexity index is 1250. The molecule has 2 aromatic rings. The number of nitro benzene ring substituents is 2. The number of nitrogens with one attached hydrogen (secondary N) is 1. The zero-order chi connectivity index (χ0) is 23.3.